The minimum atomic E-state index is -3.62. The quantitative estimate of drug-likeness (QED) is 0.833. The smallest absolute Gasteiger partial charge is 0.241 e. The van der Waals surface area contributed by atoms with E-state index in [1.54, 1.807) is 37.4 Å². The van der Waals surface area contributed by atoms with Crippen LogP contribution in [0.25, 0.3) is 0 Å². The summed E-state index contributed by atoms with van der Waals surface area (Å²) in [6, 6.07) is 8.92. The fraction of sp³-hybridized carbons (Fsp3) is 0.389. The lowest BCUT2D eigenvalue weighted by Gasteiger charge is -2.17. The van der Waals surface area contributed by atoms with Gasteiger partial charge in [0.05, 0.1) is 23.7 Å². The van der Waals surface area contributed by atoms with E-state index in [4.69, 9.17) is 4.74 Å². The van der Waals surface area contributed by atoms with Gasteiger partial charge in [0, 0.05) is 6.20 Å². The second-order valence-electron chi connectivity index (χ2n) is 5.89. The predicted molar refractivity (Wildman–Crippen MR) is 94.7 cm³/mol. The zero-order valence-corrected chi connectivity index (χ0v) is 15.4. The molecule has 5 nitrogen and oxygen atoms in total. The molecule has 130 valence electrons. The first-order chi connectivity index (χ1) is 11.3. The molecule has 0 aliphatic carbocycles. The summed E-state index contributed by atoms with van der Waals surface area (Å²) in [6.07, 6.45) is 1.64. The van der Waals surface area contributed by atoms with E-state index in [1.165, 1.54) is 0 Å². The van der Waals surface area contributed by atoms with Crippen LogP contribution in [0.1, 0.15) is 43.5 Å². The van der Waals surface area contributed by atoms with Gasteiger partial charge in [-0.3, -0.25) is 4.98 Å². The lowest BCUT2D eigenvalue weighted by Crippen LogP contribution is -2.24. The van der Waals surface area contributed by atoms with Gasteiger partial charge in [-0.25, -0.2) is 13.1 Å². The SMILES string of the molecule is CCOc1cc(C)c(S(=O)(=O)NCc2ccccn2)cc1C(C)C. The van der Waals surface area contributed by atoms with Crippen LogP contribution in [0.15, 0.2) is 41.4 Å². The van der Waals surface area contributed by atoms with Crippen molar-refractivity contribution in [2.45, 2.75) is 45.1 Å². The zero-order chi connectivity index (χ0) is 17.7. The van der Waals surface area contributed by atoms with E-state index in [2.05, 4.69) is 9.71 Å². The molecular weight excluding hydrogens is 324 g/mol. The number of nitrogens with zero attached hydrogens (tertiary/aromatic N) is 1. The Hall–Kier alpha value is -1.92. The Morgan fingerprint density at radius 2 is 2.00 bits per heavy atom. The first kappa shape index (κ1) is 18.4. The first-order valence-corrected chi connectivity index (χ1v) is 9.50. The normalized spacial score (nSPS) is 11.7. The van der Waals surface area contributed by atoms with E-state index in [1.807, 2.05) is 26.8 Å². The van der Waals surface area contributed by atoms with Crippen LogP contribution >= 0.6 is 0 Å². The van der Waals surface area contributed by atoms with E-state index in [9.17, 15) is 8.42 Å². The van der Waals surface area contributed by atoms with Crippen molar-refractivity contribution in [1.29, 1.82) is 0 Å². The first-order valence-electron chi connectivity index (χ1n) is 8.02. The molecule has 2 aromatic rings. The van der Waals surface area contributed by atoms with E-state index in [-0.39, 0.29) is 17.4 Å². The number of aromatic nitrogens is 1. The molecule has 0 atom stereocenters. The molecule has 0 amide bonds. The topological polar surface area (TPSA) is 68.3 Å². The molecule has 2 rings (SSSR count). The maximum Gasteiger partial charge on any atom is 0.241 e. The Morgan fingerprint density at radius 1 is 1.25 bits per heavy atom. The van der Waals surface area contributed by atoms with Crippen molar-refractivity contribution in [3.63, 3.8) is 0 Å². The molecule has 0 saturated carbocycles. The number of hydrogen-bond acceptors (Lipinski definition) is 4. The number of aryl methyl sites for hydroxylation is 1. The van der Waals surface area contributed by atoms with Crippen LogP contribution in [0.4, 0.5) is 0 Å². The minimum Gasteiger partial charge on any atom is -0.494 e. The third kappa shape index (κ3) is 4.33. The van der Waals surface area contributed by atoms with Crippen molar-refractivity contribution >= 4 is 10.0 Å². The summed E-state index contributed by atoms with van der Waals surface area (Å²) in [5.74, 6) is 0.908. The second-order valence-corrected chi connectivity index (χ2v) is 7.62. The van der Waals surface area contributed by atoms with Crippen LogP contribution < -0.4 is 9.46 Å². The molecule has 1 heterocycles. The largest absolute Gasteiger partial charge is 0.494 e. The zero-order valence-electron chi connectivity index (χ0n) is 14.5. The summed E-state index contributed by atoms with van der Waals surface area (Å²) >= 11 is 0. The molecule has 24 heavy (non-hydrogen) atoms. The highest BCUT2D eigenvalue weighted by Gasteiger charge is 2.21. The predicted octanol–water partition coefficient (Wildman–Crippen LogP) is 3.39. The number of hydrogen-bond donors (Lipinski definition) is 1. The van der Waals surface area contributed by atoms with Crippen LogP contribution in [0.5, 0.6) is 5.75 Å². The van der Waals surface area contributed by atoms with Crippen molar-refractivity contribution in [3.8, 4) is 5.75 Å². The van der Waals surface area contributed by atoms with Crippen molar-refractivity contribution in [3.05, 3.63) is 53.3 Å². The molecule has 0 aliphatic heterocycles. The minimum absolute atomic E-state index is 0.160. The Morgan fingerprint density at radius 3 is 2.58 bits per heavy atom. The van der Waals surface area contributed by atoms with Crippen LogP contribution in [0.3, 0.4) is 0 Å². The molecule has 0 fully saturated rings. The van der Waals surface area contributed by atoms with Crippen LogP contribution in [-0.2, 0) is 16.6 Å². The maximum atomic E-state index is 12.7. The fourth-order valence-electron chi connectivity index (χ4n) is 2.45. The number of ether oxygens (including phenoxy) is 1. The summed E-state index contributed by atoms with van der Waals surface area (Å²) in [4.78, 5) is 4.42. The highest BCUT2D eigenvalue weighted by molar-refractivity contribution is 7.89. The van der Waals surface area contributed by atoms with Crippen molar-refractivity contribution in [2.75, 3.05) is 6.61 Å². The molecule has 1 aromatic heterocycles. The van der Waals surface area contributed by atoms with Gasteiger partial charge in [-0.05, 0) is 55.2 Å². The molecule has 0 spiro atoms. The molecule has 0 radical (unpaired) electrons. The molecule has 0 unspecified atom stereocenters. The van der Waals surface area contributed by atoms with E-state index in [0.717, 1.165) is 11.3 Å². The molecular formula is C18H24N2O3S. The third-order valence-corrected chi connectivity index (χ3v) is 5.23. The van der Waals surface area contributed by atoms with Gasteiger partial charge in [-0.2, -0.15) is 0 Å². The number of benzene rings is 1. The Balaban J connectivity index is 2.33. The number of sulfonamides is 1. The monoisotopic (exact) mass is 348 g/mol. The van der Waals surface area contributed by atoms with Gasteiger partial charge < -0.3 is 4.74 Å². The van der Waals surface area contributed by atoms with Crippen LogP contribution in [-0.4, -0.2) is 20.0 Å². The van der Waals surface area contributed by atoms with Gasteiger partial charge in [0.15, 0.2) is 0 Å². The molecule has 1 aromatic carbocycles. The average molecular weight is 348 g/mol. The van der Waals surface area contributed by atoms with Crippen LogP contribution in [0, 0.1) is 6.92 Å². The van der Waals surface area contributed by atoms with Crippen molar-refractivity contribution < 1.29 is 13.2 Å². The summed E-state index contributed by atoms with van der Waals surface area (Å²) in [5, 5.41) is 0. The number of nitrogens with one attached hydrogen (secondary N) is 1. The lowest BCUT2D eigenvalue weighted by molar-refractivity contribution is 0.334. The van der Waals surface area contributed by atoms with Gasteiger partial charge in [0.1, 0.15) is 5.75 Å². The molecule has 6 heteroatoms. The third-order valence-electron chi connectivity index (χ3n) is 3.69. The molecule has 0 bridgehead atoms. The Labute approximate surface area is 144 Å². The van der Waals surface area contributed by atoms with Gasteiger partial charge in [0.25, 0.3) is 0 Å². The van der Waals surface area contributed by atoms with Crippen molar-refractivity contribution in [1.82, 2.24) is 9.71 Å². The van der Waals surface area contributed by atoms with E-state index >= 15 is 0 Å². The molecule has 1 N–H and O–H groups in total. The summed E-state index contributed by atoms with van der Waals surface area (Å²) < 4.78 is 33.7. The van der Waals surface area contributed by atoms with E-state index in [0.29, 0.717) is 17.9 Å². The fourth-order valence-corrected chi connectivity index (χ4v) is 3.71. The number of rotatable bonds is 7. The molecule has 0 saturated heterocycles. The van der Waals surface area contributed by atoms with Gasteiger partial charge in [-0.1, -0.05) is 19.9 Å². The Bertz CT molecular complexity index is 787. The van der Waals surface area contributed by atoms with Crippen LogP contribution in [0.2, 0.25) is 0 Å². The summed E-state index contributed by atoms with van der Waals surface area (Å²) in [7, 11) is -3.62. The van der Waals surface area contributed by atoms with Gasteiger partial charge >= 0.3 is 0 Å². The Kier molecular flexibility index (Phi) is 5.96. The lowest BCUT2D eigenvalue weighted by atomic mass is 10.0. The van der Waals surface area contributed by atoms with Gasteiger partial charge in [-0.15, -0.1) is 0 Å². The standard InChI is InChI=1S/C18H24N2O3S/c1-5-23-17-10-14(4)18(11-16(17)13(2)3)24(21,22)20-12-15-8-6-7-9-19-15/h6-11,13,20H,5,12H2,1-4H3. The average Bonchev–Trinajstić information content (AvgIpc) is 2.54. The number of pyridine rings is 1. The maximum absolute atomic E-state index is 12.7. The highest BCUT2D eigenvalue weighted by atomic mass is 32.2. The van der Waals surface area contributed by atoms with E-state index < -0.39 is 10.0 Å². The molecule has 0 aliphatic rings. The summed E-state index contributed by atoms with van der Waals surface area (Å²) in [6.45, 7) is 8.44. The summed E-state index contributed by atoms with van der Waals surface area (Å²) in [5.41, 5.74) is 2.23. The second kappa shape index (κ2) is 7.77. The highest BCUT2D eigenvalue weighted by Crippen LogP contribution is 2.31. The van der Waals surface area contributed by atoms with Gasteiger partial charge in [0.2, 0.25) is 10.0 Å². The van der Waals surface area contributed by atoms with Crippen molar-refractivity contribution in [2.24, 2.45) is 0 Å².